The quantitative estimate of drug-likeness (QED) is 0.0490. The lowest BCUT2D eigenvalue weighted by molar-refractivity contribution is -0.155. The maximum Gasteiger partial charge on any atom is 0.309 e. The molecule has 0 aliphatic carbocycles. The molecule has 0 spiro atoms. The summed E-state index contributed by atoms with van der Waals surface area (Å²) in [7, 11) is -1.42. The molecule has 1 heterocycles. The fourth-order valence-electron chi connectivity index (χ4n) is 7.78. The van der Waals surface area contributed by atoms with Gasteiger partial charge in [-0.1, -0.05) is 128 Å². The maximum absolute atomic E-state index is 13.8. The first-order valence-corrected chi connectivity index (χ1v) is 21.2. The summed E-state index contributed by atoms with van der Waals surface area (Å²) in [5.74, 6) is -0.418. The summed E-state index contributed by atoms with van der Waals surface area (Å²) in [6.45, 7) is 22.8. The molecule has 8 atom stereocenters. The van der Waals surface area contributed by atoms with Crippen LogP contribution in [0.15, 0.2) is 86.0 Å². The van der Waals surface area contributed by atoms with Crippen molar-refractivity contribution in [2.24, 2.45) is 17.8 Å². The molecule has 0 aromatic heterocycles. The predicted molar refractivity (Wildman–Crippen MR) is 213 cm³/mol. The van der Waals surface area contributed by atoms with Gasteiger partial charge in [0.25, 0.3) is 8.32 Å². The molecule has 0 bridgehead atoms. The zero-order valence-corrected chi connectivity index (χ0v) is 34.2. The van der Waals surface area contributed by atoms with Gasteiger partial charge in [-0.05, 0) is 52.9 Å². The van der Waals surface area contributed by atoms with Crippen molar-refractivity contribution in [2.45, 2.75) is 135 Å². The molecule has 7 nitrogen and oxygen atoms in total. The Kier molecular flexibility index (Phi) is 17.7. The van der Waals surface area contributed by atoms with E-state index in [4.69, 9.17) is 23.4 Å². The predicted octanol–water partition coefficient (Wildman–Crippen LogP) is 8.59. The van der Waals surface area contributed by atoms with Crippen LogP contribution in [0.5, 0.6) is 0 Å². The number of hydrogen-bond donors (Lipinski definition) is 0. The largest absolute Gasteiger partial charge is 0.462 e. The van der Waals surface area contributed by atoms with E-state index in [0.717, 1.165) is 19.3 Å². The molecule has 2 aromatic carbocycles. The van der Waals surface area contributed by atoms with Crippen LogP contribution < -0.4 is 10.4 Å². The van der Waals surface area contributed by atoms with E-state index in [1.54, 1.807) is 13.2 Å². The third-order valence-corrected chi connectivity index (χ3v) is 15.5. The summed E-state index contributed by atoms with van der Waals surface area (Å²) < 4.78 is 32.5. The van der Waals surface area contributed by atoms with Crippen LogP contribution in [0.4, 0.5) is 0 Å². The molecule has 0 N–H and O–H groups in total. The van der Waals surface area contributed by atoms with E-state index >= 15 is 0 Å². The number of carbonyl (C=O) groups excluding carboxylic acids is 2. The molecule has 8 heteroatoms. The lowest BCUT2D eigenvalue weighted by atomic mass is 9.89. The Hall–Kier alpha value is -2.88. The van der Waals surface area contributed by atoms with Gasteiger partial charge in [0.2, 0.25) is 0 Å². The maximum atomic E-state index is 13.8. The van der Waals surface area contributed by atoms with Gasteiger partial charge in [-0.15, -0.1) is 13.2 Å². The lowest BCUT2D eigenvalue weighted by Gasteiger charge is -2.47. The monoisotopic (exact) mass is 734 g/mol. The van der Waals surface area contributed by atoms with Crippen molar-refractivity contribution < 1.29 is 33.0 Å². The third-order valence-electron chi connectivity index (χ3n) is 10.4. The molecule has 52 heavy (non-hydrogen) atoms. The number of Topliss-reactive ketones (excluding diaryl/α,β-unsaturated/α-hetero) is 1. The number of rotatable bonds is 23. The van der Waals surface area contributed by atoms with Crippen LogP contribution in [0, 0.1) is 17.8 Å². The SMILES string of the molecule is C=CC[C@@H]1O[C@@H](C[C@@H](O[Si](c2ccccc2)(c2ccccc2)C(C)(C)C)[C@@H](OCOC)[C@H](C)CC(=O)C[C@@H](CCC)OC(=O)[C@@H](C)CC=C)C[C@@H]1C. The molecule has 288 valence electrons. The second-order valence-electron chi connectivity index (χ2n) is 15.8. The van der Waals surface area contributed by atoms with Crippen LogP contribution in [0.1, 0.15) is 99.8 Å². The summed E-state index contributed by atoms with van der Waals surface area (Å²) in [6.07, 6.45) is 6.99. The first kappa shape index (κ1) is 43.5. The van der Waals surface area contributed by atoms with E-state index in [9.17, 15) is 9.59 Å². The minimum absolute atomic E-state index is 0.0297. The van der Waals surface area contributed by atoms with Crippen LogP contribution in [-0.2, 0) is 33.0 Å². The number of esters is 1. The normalized spacial score (nSPS) is 20.7. The molecule has 1 aliphatic rings. The fourth-order valence-corrected chi connectivity index (χ4v) is 12.5. The number of carbonyl (C=O) groups is 2. The average molecular weight is 735 g/mol. The van der Waals surface area contributed by atoms with Gasteiger partial charge in [0.1, 0.15) is 18.7 Å². The zero-order valence-electron chi connectivity index (χ0n) is 33.2. The van der Waals surface area contributed by atoms with Crippen LogP contribution in [-0.4, -0.2) is 64.5 Å². The molecule has 0 radical (unpaired) electrons. The summed E-state index contributed by atoms with van der Waals surface area (Å²) in [5, 5.41) is 2.08. The van der Waals surface area contributed by atoms with Crippen LogP contribution in [0.3, 0.4) is 0 Å². The second kappa shape index (κ2) is 21.1. The van der Waals surface area contributed by atoms with Gasteiger partial charge in [-0.3, -0.25) is 9.59 Å². The Bertz CT molecular complexity index is 1330. The number of hydrogen-bond acceptors (Lipinski definition) is 7. The number of benzene rings is 2. The number of allylic oxidation sites excluding steroid dienone is 1. The topological polar surface area (TPSA) is 80.3 Å². The Balaban J connectivity index is 2.05. The molecule has 1 fully saturated rings. The molecular weight excluding hydrogens is 669 g/mol. The molecule has 1 aliphatic heterocycles. The number of methoxy groups -OCH3 is 1. The van der Waals surface area contributed by atoms with Crippen LogP contribution in [0.2, 0.25) is 5.04 Å². The summed E-state index contributed by atoms with van der Waals surface area (Å²) in [4.78, 5) is 26.6. The molecule has 3 rings (SSSR count). The minimum atomic E-state index is -3.04. The lowest BCUT2D eigenvalue weighted by Crippen LogP contribution is -2.69. The number of ketones is 1. The zero-order chi connectivity index (χ0) is 38.3. The van der Waals surface area contributed by atoms with Gasteiger partial charge < -0.3 is 23.4 Å². The highest BCUT2D eigenvalue weighted by Gasteiger charge is 2.53. The standard InChI is InChI=1S/C44H66O7Si/c1-11-20-32(4)43(46)50-36(21-12-2)29-35(45)27-34(6)42(48-31-47-10)41(30-37-28-33(5)40(49-37)22-13-3)51-52(44(7,8)9,38-23-16-14-17-24-38)39-25-18-15-19-26-39/h11,13-19,23-26,32-34,36-37,40-42H,1,3,12,20-22,27-31H2,2,4-10H3/t32-,33-,34+,36+,37+,40-,41+,42-/m0/s1. The van der Waals surface area contributed by atoms with E-state index in [1.165, 1.54) is 10.4 Å². The smallest absolute Gasteiger partial charge is 0.309 e. The van der Waals surface area contributed by atoms with Crippen molar-refractivity contribution in [1.29, 1.82) is 0 Å². The first-order chi connectivity index (χ1) is 24.8. The summed E-state index contributed by atoms with van der Waals surface area (Å²) in [5.41, 5.74) is 0. The second-order valence-corrected chi connectivity index (χ2v) is 20.1. The van der Waals surface area contributed by atoms with Gasteiger partial charge >= 0.3 is 5.97 Å². The Labute approximate surface area is 315 Å². The van der Waals surface area contributed by atoms with Crippen molar-refractivity contribution in [3.8, 4) is 0 Å². The average Bonchev–Trinajstić information content (AvgIpc) is 3.45. The minimum Gasteiger partial charge on any atom is -0.462 e. The Morgan fingerprint density at radius 3 is 2.12 bits per heavy atom. The number of ether oxygens (including phenoxy) is 4. The van der Waals surface area contributed by atoms with Gasteiger partial charge in [0.15, 0.2) is 0 Å². The molecule has 0 saturated carbocycles. The van der Waals surface area contributed by atoms with Crippen LogP contribution >= 0.6 is 0 Å². The van der Waals surface area contributed by atoms with Gasteiger partial charge in [0.05, 0.1) is 30.3 Å². The van der Waals surface area contributed by atoms with Gasteiger partial charge in [0, 0.05) is 26.4 Å². The highest BCUT2D eigenvalue weighted by Crippen LogP contribution is 2.41. The van der Waals surface area contributed by atoms with Crippen molar-refractivity contribution in [3.05, 3.63) is 86.0 Å². The molecule has 2 aromatic rings. The third kappa shape index (κ3) is 11.8. The van der Waals surface area contributed by atoms with Gasteiger partial charge in [-0.25, -0.2) is 0 Å². The van der Waals surface area contributed by atoms with Crippen molar-refractivity contribution in [3.63, 3.8) is 0 Å². The van der Waals surface area contributed by atoms with Crippen molar-refractivity contribution >= 4 is 30.4 Å². The van der Waals surface area contributed by atoms with E-state index < -0.39 is 26.6 Å². The van der Waals surface area contributed by atoms with E-state index in [2.05, 4.69) is 96.3 Å². The highest BCUT2D eigenvalue weighted by molar-refractivity contribution is 6.99. The van der Waals surface area contributed by atoms with Gasteiger partial charge in [-0.2, -0.15) is 0 Å². The van der Waals surface area contributed by atoms with E-state index in [-0.39, 0.29) is 60.5 Å². The molecular formula is C44H66O7Si. The molecule has 1 saturated heterocycles. The van der Waals surface area contributed by atoms with E-state index in [0.29, 0.717) is 25.2 Å². The highest BCUT2D eigenvalue weighted by atomic mass is 28.4. The summed E-state index contributed by atoms with van der Waals surface area (Å²) >= 11 is 0. The Morgan fingerprint density at radius 1 is 0.981 bits per heavy atom. The van der Waals surface area contributed by atoms with Crippen molar-refractivity contribution in [1.82, 2.24) is 0 Å². The van der Waals surface area contributed by atoms with Crippen LogP contribution in [0.25, 0.3) is 0 Å². The molecule has 0 amide bonds. The van der Waals surface area contributed by atoms with E-state index in [1.807, 2.05) is 32.1 Å². The van der Waals surface area contributed by atoms with Crippen molar-refractivity contribution in [2.75, 3.05) is 13.9 Å². The molecule has 0 unspecified atom stereocenters. The first-order valence-electron chi connectivity index (χ1n) is 19.3. The Morgan fingerprint density at radius 2 is 1.60 bits per heavy atom. The summed E-state index contributed by atoms with van der Waals surface area (Å²) in [6, 6.07) is 21.2. The fraction of sp³-hybridized carbons (Fsp3) is 0.591.